The number of fused-ring (bicyclic) bond motifs is 3. The van der Waals surface area contributed by atoms with Crippen molar-refractivity contribution in [1.82, 2.24) is 20.1 Å². The molecule has 2 N–H and O–H groups in total. The zero-order valence-electron chi connectivity index (χ0n) is 15.0. The third-order valence-corrected chi connectivity index (χ3v) is 4.75. The van der Waals surface area contributed by atoms with Gasteiger partial charge >= 0.3 is 0 Å². The fourth-order valence-electron chi connectivity index (χ4n) is 3.36. The Kier molecular flexibility index (Phi) is 4.46. The number of H-pyrrole nitrogens is 1. The highest BCUT2D eigenvalue weighted by molar-refractivity contribution is 6.03. The first-order chi connectivity index (χ1) is 13.1. The number of carbonyl (C=O) groups is 1. The van der Waals surface area contributed by atoms with E-state index in [1.165, 1.54) is 0 Å². The number of nitrogens with zero attached hydrogens (tertiary/aromatic N) is 2. The van der Waals surface area contributed by atoms with Gasteiger partial charge in [0, 0.05) is 30.6 Å². The molecule has 2 heterocycles. The molecule has 4 rings (SSSR count). The van der Waals surface area contributed by atoms with Crippen LogP contribution in [0.3, 0.4) is 0 Å². The number of nitrogens with one attached hydrogen (secondary N) is 2. The maximum Gasteiger partial charge on any atom is 0.262 e. The molecule has 4 aromatic rings. The Hall–Kier alpha value is -3.41. The molecule has 1 amide bonds. The molecule has 136 valence electrons. The molecule has 0 aliphatic rings. The quantitative estimate of drug-likeness (QED) is 0.574. The van der Waals surface area contributed by atoms with Crippen LogP contribution in [0.5, 0.6) is 0 Å². The maximum atomic E-state index is 13.0. The van der Waals surface area contributed by atoms with Crippen LogP contribution in [0.1, 0.15) is 17.7 Å². The molecule has 0 fully saturated rings. The lowest BCUT2D eigenvalue weighted by Crippen LogP contribution is -2.27. The van der Waals surface area contributed by atoms with E-state index in [1.54, 1.807) is 4.57 Å². The summed E-state index contributed by atoms with van der Waals surface area (Å²) in [4.78, 5) is 25.3. The molecule has 0 saturated carbocycles. The van der Waals surface area contributed by atoms with Crippen molar-refractivity contribution in [3.63, 3.8) is 0 Å². The molecule has 0 aliphatic heterocycles. The van der Waals surface area contributed by atoms with Gasteiger partial charge in [-0.2, -0.15) is 5.10 Å². The van der Waals surface area contributed by atoms with Gasteiger partial charge in [-0.25, -0.2) is 0 Å². The molecular formula is C21H20N4O2. The van der Waals surface area contributed by atoms with Gasteiger partial charge in [0.1, 0.15) is 5.52 Å². The van der Waals surface area contributed by atoms with E-state index in [0.29, 0.717) is 24.0 Å². The zero-order valence-corrected chi connectivity index (χ0v) is 15.0. The number of carbonyl (C=O) groups excluding carboxylic acids is 1. The summed E-state index contributed by atoms with van der Waals surface area (Å²) in [5.74, 6) is -0.0844. The minimum absolute atomic E-state index is 0.0844. The monoisotopic (exact) mass is 360 g/mol. The lowest BCUT2D eigenvalue weighted by atomic mass is 10.1. The normalized spacial score (nSPS) is 11.1. The van der Waals surface area contributed by atoms with E-state index in [1.807, 2.05) is 61.5 Å². The largest absolute Gasteiger partial charge is 0.352 e. The van der Waals surface area contributed by atoms with Gasteiger partial charge in [-0.3, -0.25) is 14.7 Å². The van der Waals surface area contributed by atoms with E-state index in [-0.39, 0.29) is 17.9 Å². The van der Waals surface area contributed by atoms with E-state index < -0.39 is 0 Å². The molecule has 0 atom stereocenters. The van der Waals surface area contributed by atoms with Gasteiger partial charge in [0.05, 0.1) is 10.9 Å². The van der Waals surface area contributed by atoms with Crippen molar-refractivity contribution >= 4 is 27.7 Å². The van der Waals surface area contributed by atoms with E-state index >= 15 is 0 Å². The average molecular weight is 360 g/mol. The number of hydrogen-bond donors (Lipinski definition) is 2. The minimum Gasteiger partial charge on any atom is -0.352 e. The SMILES string of the molecule is Cc1[nH]nc2c1c(=O)n(CCC(=O)NCc1ccccc1)c1ccccc21. The van der Waals surface area contributed by atoms with Crippen LogP contribution in [0, 0.1) is 6.92 Å². The van der Waals surface area contributed by atoms with Gasteiger partial charge in [0.25, 0.3) is 5.56 Å². The Labute approximate surface area is 155 Å². The summed E-state index contributed by atoms with van der Waals surface area (Å²) in [6.07, 6.45) is 0.235. The van der Waals surface area contributed by atoms with E-state index in [0.717, 1.165) is 22.2 Å². The third kappa shape index (κ3) is 3.21. The molecule has 0 spiro atoms. The third-order valence-electron chi connectivity index (χ3n) is 4.75. The van der Waals surface area contributed by atoms with Crippen molar-refractivity contribution in [2.24, 2.45) is 0 Å². The van der Waals surface area contributed by atoms with E-state index in [9.17, 15) is 9.59 Å². The Morgan fingerprint density at radius 3 is 2.67 bits per heavy atom. The second-order valence-corrected chi connectivity index (χ2v) is 6.56. The van der Waals surface area contributed by atoms with Crippen molar-refractivity contribution in [2.75, 3.05) is 0 Å². The smallest absolute Gasteiger partial charge is 0.262 e. The van der Waals surface area contributed by atoms with Crippen molar-refractivity contribution in [1.29, 1.82) is 0 Å². The van der Waals surface area contributed by atoms with E-state index in [2.05, 4.69) is 15.5 Å². The number of hydrogen-bond acceptors (Lipinski definition) is 3. The number of aryl methyl sites for hydroxylation is 2. The van der Waals surface area contributed by atoms with Crippen molar-refractivity contribution in [2.45, 2.75) is 26.4 Å². The molecular weight excluding hydrogens is 340 g/mol. The first-order valence-electron chi connectivity index (χ1n) is 8.92. The second kappa shape index (κ2) is 7.07. The van der Waals surface area contributed by atoms with Crippen LogP contribution in [0.2, 0.25) is 0 Å². The zero-order chi connectivity index (χ0) is 18.8. The molecule has 0 aliphatic carbocycles. The van der Waals surface area contributed by atoms with Gasteiger partial charge in [0.15, 0.2) is 0 Å². The topological polar surface area (TPSA) is 79.8 Å². The molecule has 0 bridgehead atoms. The summed E-state index contributed by atoms with van der Waals surface area (Å²) in [6, 6.07) is 17.4. The highest BCUT2D eigenvalue weighted by Crippen LogP contribution is 2.22. The predicted molar refractivity (Wildman–Crippen MR) is 106 cm³/mol. The summed E-state index contributed by atoms with van der Waals surface area (Å²) in [7, 11) is 0. The number of benzene rings is 2. The number of para-hydroxylation sites is 1. The maximum absolute atomic E-state index is 13.0. The minimum atomic E-state index is -0.120. The van der Waals surface area contributed by atoms with Gasteiger partial charge in [-0.05, 0) is 18.6 Å². The number of aromatic amines is 1. The second-order valence-electron chi connectivity index (χ2n) is 6.56. The van der Waals surface area contributed by atoms with Gasteiger partial charge in [0.2, 0.25) is 5.91 Å². The Balaban J connectivity index is 1.59. The highest BCUT2D eigenvalue weighted by atomic mass is 16.1. The summed E-state index contributed by atoms with van der Waals surface area (Å²) in [6.45, 7) is 2.64. The lowest BCUT2D eigenvalue weighted by molar-refractivity contribution is -0.121. The summed E-state index contributed by atoms with van der Waals surface area (Å²) in [5, 5.41) is 11.6. The summed E-state index contributed by atoms with van der Waals surface area (Å²) in [5.41, 5.74) is 3.13. The number of amides is 1. The van der Waals surface area contributed by atoms with Crippen molar-refractivity contribution < 1.29 is 4.79 Å². The predicted octanol–water partition coefficient (Wildman–Crippen LogP) is 2.89. The van der Waals surface area contributed by atoms with Crippen LogP contribution >= 0.6 is 0 Å². The van der Waals surface area contributed by atoms with Crippen LogP contribution in [0.15, 0.2) is 59.4 Å². The molecule has 0 saturated heterocycles. The number of rotatable bonds is 5. The highest BCUT2D eigenvalue weighted by Gasteiger charge is 2.15. The van der Waals surface area contributed by atoms with Gasteiger partial charge in [-0.15, -0.1) is 0 Å². The molecule has 6 heteroatoms. The first-order valence-corrected chi connectivity index (χ1v) is 8.92. The van der Waals surface area contributed by atoms with Crippen LogP contribution in [-0.4, -0.2) is 20.7 Å². The van der Waals surface area contributed by atoms with Crippen LogP contribution in [0.25, 0.3) is 21.8 Å². The van der Waals surface area contributed by atoms with Crippen molar-refractivity contribution in [3.05, 3.63) is 76.2 Å². The first kappa shape index (κ1) is 17.0. The molecule has 2 aromatic heterocycles. The fraction of sp³-hybridized carbons (Fsp3) is 0.190. The van der Waals surface area contributed by atoms with Gasteiger partial charge < -0.3 is 9.88 Å². The van der Waals surface area contributed by atoms with Crippen LogP contribution in [0.4, 0.5) is 0 Å². The Bertz CT molecular complexity index is 1180. The number of pyridine rings is 1. The van der Waals surface area contributed by atoms with Crippen molar-refractivity contribution in [3.8, 4) is 0 Å². The molecule has 2 aromatic carbocycles. The van der Waals surface area contributed by atoms with E-state index in [4.69, 9.17) is 0 Å². The van der Waals surface area contributed by atoms with Crippen LogP contribution < -0.4 is 10.9 Å². The molecule has 6 nitrogen and oxygen atoms in total. The molecule has 27 heavy (non-hydrogen) atoms. The summed E-state index contributed by atoms with van der Waals surface area (Å²) < 4.78 is 1.67. The van der Waals surface area contributed by atoms with Gasteiger partial charge in [-0.1, -0.05) is 48.5 Å². The Morgan fingerprint density at radius 1 is 1.11 bits per heavy atom. The Morgan fingerprint density at radius 2 is 1.85 bits per heavy atom. The number of aromatic nitrogens is 3. The lowest BCUT2D eigenvalue weighted by Gasteiger charge is -2.11. The standard InChI is InChI=1S/C21H20N4O2/c1-14-19-20(24-23-14)16-9-5-6-10-17(16)25(21(19)27)12-11-18(26)22-13-15-7-3-2-4-8-15/h2-10H,11-13H2,1H3,(H,22,26)(H,23,24). The average Bonchev–Trinajstić information content (AvgIpc) is 3.09. The fourth-order valence-corrected chi connectivity index (χ4v) is 3.36. The summed E-state index contributed by atoms with van der Waals surface area (Å²) >= 11 is 0. The molecule has 0 radical (unpaired) electrons. The molecule has 0 unspecified atom stereocenters. The van der Waals surface area contributed by atoms with Crippen LogP contribution in [-0.2, 0) is 17.9 Å².